The minimum Gasteiger partial charge on any atom is -0.496 e. The molecule has 1 fully saturated rings. The van der Waals surface area contributed by atoms with Crippen LogP contribution in [0.2, 0.25) is 0 Å². The third kappa shape index (κ3) is 2.78. The van der Waals surface area contributed by atoms with Crippen molar-refractivity contribution in [2.24, 2.45) is 11.8 Å². The fraction of sp³-hybridized carbons (Fsp3) is 0.611. The van der Waals surface area contributed by atoms with Gasteiger partial charge in [-0.25, -0.2) is 0 Å². The summed E-state index contributed by atoms with van der Waals surface area (Å²) >= 11 is 0. The summed E-state index contributed by atoms with van der Waals surface area (Å²) in [4.78, 5) is 0. The van der Waals surface area contributed by atoms with E-state index in [1.807, 2.05) is 0 Å². The van der Waals surface area contributed by atoms with Crippen molar-refractivity contribution in [3.05, 3.63) is 23.9 Å². The smallest absolute Gasteiger partial charge is 0.124 e. The number of ether oxygens (including phenoxy) is 1. The molecule has 3 rings (SSSR count). The summed E-state index contributed by atoms with van der Waals surface area (Å²) in [6, 6.07) is 4.80. The Labute approximate surface area is 127 Å². The van der Waals surface area contributed by atoms with E-state index < -0.39 is 0 Å². The molecule has 0 radical (unpaired) electrons. The lowest BCUT2D eigenvalue weighted by Gasteiger charge is -2.30. The number of fused-ring (bicyclic) bond motifs is 1. The van der Waals surface area contributed by atoms with Gasteiger partial charge in [0.05, 0.1) is 18.7 Å². The van der Waals surface area contributed by atoms with Crippen molar-refractivity contribution in [1.82, 2.24) is 9.78 Å². The Balaban J connectivity index is 1.82. The number of benzene rings is 1. The normalized spacial score (nSPS) is 22.9. The SMILES string of the molecule is COc1cc2nn([C@H]3CC[C@H](C(C)C)CC3)cc2cc1C. The van der Waals surface area contributed by atoms with E-state index in [2.05, 4.69) is 43.8 Å². The predicted molar refractivity (Wildman–Crippen MR) is 86.9 cm³/mol. The van der Waals surface area contributed by atoms with Crippen LogP contribution in [-0.4, -0.2) is 16.9 Å². The lowest BCUT2D eigenvalue weighted by Crippen LogP contribution is -2.21. The fourth-order valence-electron chi connectivity index (χ4n) is 3.63. The quantitative estimate of drug-likeness (QED) is 0.814. The summed E-state index contributed by atoms with van der Waals surface area (Å²) in [6.07, 6.45) is 7.39. The molecule has 1 heterocycles. The Hall–Kier alpha value is -1.51. The number of nitrogens with zero attached hydrogens (tertiary/aromatic N) is 2. The molecule has 0 N–H and O–H groups in total. The van der Waals surface area contributed by atoms with E-state index in [0.29, 0.717) is 6.04 Å². The molecule has 1 saturated carbocycles. The molecule has 1 aromatic carbocycles. The molecule has 0 spiro atoms. The van der Waals surface area contributed by atoms with E-state index in [1.165, 1.54) is 36.6 Å². The zero-order chi connectivity index (χ0) is 15.0. The molecule has 114 valence electrons. The first-order valence-electron chi connectivity index (χ1n) is 8.12. The molecule has 21 heavy (non-hydrogen) atoms. The van der Waals surface area contributed by atoms with Gasteiger partial charge in [-0.2, -0.15) is 5.10 Å². The van der Waals surface area contributed by atoms with Gasteiger partial charge in [0.2, 0.25) is 0 Å². The highest BCUT2D eigenvalue weighted by molar-refractivity contribution is 5.81. The van der Waals surface area contributed by atoms with E-state index in [4.69, 9.17) is 9.84 Å². The number of aryl methyl sites for hydroxylation is 1. The zero-order valence-electron chi connectivity index (χ0n) is 13.6. The van der Waals surface area contributed by atoms with E-state index >= 15 is 0 Å². The van der Waals surface area contributed by atoms with Crippen molar-refractivity contribution >= 4 is 10.9 Å². The lowest BCUT2D eigenvalue weighted by atomic mass is 9.80. The summed E-state index contributed by atoms with van der Waals surface area (Å²) in [5, 5.41) is 6.01. The van der Waals surface area contributed by atoms with Crippen LogP contribution in [0.3, 0.4) is 0 Å². The molecule has 3 nitrogen and oxygen atoms in total. The van der Waals surface area contributed by atoms with Crippen LogP contribution in [0.1, 0.15) is 51.1 Å². The minimum atomic E-state index is 0.568. The van der Waals surface area contributed by atoms with Crippen molar-refractivity contribution in [3.63, 3.8) is 0 Å². The number of aromatic nitrogens is 2. The monoisotopic (exact) mass is 286 g/mol. The third-order valence-corrected chi connectivity index (χ3v) is 5.10. The van der Waals surface area contributed by atoms with Gasteiger partial charge in [-0.1, -0.05) is 13.8 Å². The van der Waals surface area contributed by atoms with Crippen LogP contribution >= 0.6 is 0 Å². The second kappa shape index (κ2) is 5.70. The van der Waals surface area contributed by atoms with Crippen LogP contribution in [-0.2, 0) is 0 Å². The van der Waals surface area contributed by atoms with Crippen LogP contribution in [0.25, 0.3) is 10.9 Å². The van der Waals surface area contributed by atoms with Gasteiger partial charge in [0.25, 0.3) is 0 Å². The van der Waals surface area contributed by atoms with Crippen molar-refractivity contribution in [2.75, 3.05) is 7.11 Å². The van der Waals surface area contributed by atoms with Gasteiger partial charge in [0.15, 0.2) is 0 Å². The number of rotatable bonds is 3. The fourth-order valence-corrected chi connectivity index (χ4v) is 3.63. The number of hydrogen-bond acceptors (Lipinski definition) is 2. The second-order valence-electron chi connectivity index (χ2n) is 6.80. The van der Waals surface area contributed by atoms with Gasteiger partial charge >= 0.3 is 0 Å². The van der Waals surface area contributed by atoms with Crippen LogP contribution in [0, 0.1) is 18.8 Å². The molecular weight excluding hydrogens is 260 g/mol. The zero-order valence-corrected chi connectivity index (χ0v) is 13.6. The van der Waals surface area contributed by atoms with E-state index in [-0.39, 0.29) is 0 Å². The molecular formula is C18H26N2O. The summed E-state index contributed by atoms with van der Waals surface area (Å²) < 4.78 is 7.59. The first kappa shape index (κ1) is 14.4. The van der Waals surface area contributed by atoms with Gasteiger partial charge in [-0.3, -0.25) is 4.68 Å². The molecule has 0 atom stereocenters. The Bertz CT molecular complexity index is 621. The minimum absolute atomic E-state index is 0.568. The maximum absolute atomic E-state index is 5.40. The van der Waals surface area contributed by atoms with Gasteiger partial charge in [0.1, 0.15) is 5.75 Å². The van der Waals surface area contributed by atoms with Crippen molar-refractivity contribution < 1.29 is 4.74 Å². The molecule has 0 bridgehead atoms. The highest BCUT2D eigenvalue weighted by Crippen LogP contribution is 2.36. The van der Waals surface area contributed by atoms with Gasteiger partial charge in [-0.05, 0) is 56.1 Å². The van der Waals surface area contributed by atoms with E-state index in [1.54, 1.807) is 7.11 Å². The standard InChI is InChI=1S/C18H26N2O/c1-12(2)14-5-7-16(8-6-14)20-11-15-9-13(3)18(21-4)10-17(15)19-20/h9-12,14,16H,5-8H2,1-4H3/t14-,16-. The maximum atomic E-state index is 5.40. The van der Waals surface area contributed by atoms with Crippen LogP contribution in [0.4, 0.5) is 0 Å². The molecule has 1 aliphatic carbocycles. The van der Waals surface area contributed by atoms with Crippen LogP contribution in [0.15, 0.2) is 18.3 Å². The maximum Gasteiger partial charge on any atom is 0.124 e. The average molecular weight is 286 g/mol. The molecule has 3 heteroatoms. The molecule has 0 aliphatic heterocycles. The number of hydrogen-bond donors (Lipinski definition) is 0. The van der Waals surface area contributed by atoms with Crippen molar-refractivity contribution in [1.29, 1.82) is 0 Å². The molecule has 0 saturated heterocycles. The first-order chi connectivity index (χ1) is 10.1. The molecule has 0 amide bonds. The topological polar surface area (TPSA) is 27.1 Å². The summed E-state index contributed by atoms with van der Waals surface area (Å²) in [5.74, 6) is 2.64. The van der Waals surface area contributed by atoms with Crippen LogP contribution < -0.4 is 4.74 Å². The summed E-state index contributed by atoms with van der Waals surface area (Å²) in [7, 11) is 1.72. The van der Waals surface area contributed by atoms with Gasteiger partial charge < -0.3 is 4.74 Å². The molecule has 1 aromatic heterocycles. The van der Waals surface area contributed by atoms with E-state index in [0.717, 1.165) is 23.1 Å². The Kier molecular flexibility index (Phi) is 3.92. The summed E-state index contributed by atoms with van der Waals surface area (Å²) in [5.41, 5.74) is 2.22. The lowest BCUT2D eigenvalue weighted by molar-refractivity contribution is 0.217. The van der Waals surface area contributed by atoms with Crippen molar-refractivity contribution in [2.45, 2.75) is 52.5 Å². The largest absolute Gasteiger partial charge is 0.496 e. The van der Waals surface area contributed by atoms with Gasteiger partial charge in [-0.15, -0.1) is 0 Å². The second-order valence-corrected chi connectivity index (χ2v) is 6.80. The Morgan fingerprint density at radius 2 is 1.90 bits per heavy atom. The van der Waals surface area contributed by atoms with Crippen molar-refractivity contribution in [3.8, 4) is 5.75 Å². The van der Waals surface area contributed by atoms with Gasteiger partial charge in [0, 0.05) is 17.6 Å². The first-order valence-corrected chi connectivity index (χ1v) is 8.12. The predicted octanol–water partition coefficient (Wildman–Crippen LogP) is 4.74. The highest BCUT2D eigenvalue weighted by atomic mass is 16.5. The highest BCUT2D eigenvalue weighted by Gasteiger charge is 2.24. The van der Waals surface area contributed by atoms with Crippen LogP contribution in [0.5, 0.6) is 5.75 Å². The number of methoxy groups -OCH3 is 1. The molecule has 1 aliphatic rings. The molecule has 0 unspecified atom stereocenters. The average Bonchev–Trinajstić information content (AvgIpc) is 2.89. The molecule has 2 aromatic rings. The Morgan fingerprint density at radius 3 is 2.52 bits per heavy atom. The summed E-state index contributed by atoms with van der Waals surface area (Å²) in [6.45, 7) is 6.79. The Morgan fingerprint density at radius 1 is 1.19 bits per heavy atom. The third-order valence-electron chi connectivity index (χ3n) is 5.10. The van der Waals surface area contributed by atoms with E-state index in [9.17, 15) is 0 Å².